The van der Waals surface area contributed by atoms with Gasteiger partial charge in [-0.25, -0.2) is 0 Å². The van der Waals surface area contributed by atoms with Gasteiger partial charge in [-0.1, -0.05) is 141 Å². The molecule has 0 bridgehead atoms. The summed E-state index contributed by atoms with van der Waals surface area (Å²) in [6.45, 7) is 6.17. The summed E-state index contributed by atoms with van der Waals surface area (Å²) in [5.74, 6) is 0.267. The third-order valence-electron chi connectivity index (χ3n) is 12.3. The van der Waals surface area contributed by atoms with Crippen LogP contribution in [0.1, 0.15) is 219 Å². The number of furan rings is 2. The molecular formula is C54H88O8. The molecule has 0 aromatic carbocycles. The van der Waals surface area contributed by atoms with Gasteiger partial charge in [-0.05, 0) is 109 Å². The summed E-state index contributed by atoms with van der Waals surface area (Å²) in [6.07, 6.45) is 52.6. The quantitative estimate of drug-likeness (QED) is 0.0379. The second-order valence-corrected chi connectivity index (χ2v) is 17.9. The first-order valence-corrected chi connectivity index (χ1v) is 25.6. The number of unbranched alkanes of at least 4 members (excludes halogenated alkanes) is 20. The maximum Gasteiger partial charge on any atom is 0.316 e. The minimum absolute atomic E-state index is 0.0878. The molecule has 0 amide bonds. The third kappa shape index (κ3) is 27.2. The molecule has 4 rings (SSSR count). The lowest BCUT2D eigenvalue weighted by atomic mass is 9.93. The van der Waals surface area contributed by atoms with Crippen molar-refractivity contribution in [2.75, 3.05) is 13.2 Å². The summed E-state index contributed by atoms with van der Waals surface area (Å²) in [4.78, 5) is 25.3. The third-order valence-corrected chi connectivity index (χ3v) is 12.3. The predicted molar refractivity (Wildman–Crippen MR) is 253 cm³/mol. The second kappa shape index (κ2) is 37.3. The van der Waals surface area contributed by atoms with Crippen LogP contribution in [0, 0.1) is 11.8 Å². The molecule has 62 heavy (non-hydrogen) atoms. The van der Waals surface area contributed by atoms with Gasteiger partial charge in [0.1, 0.15) is 6.26 Å². The Morgan fingerprint density at radius 1 is 0.581 bits per heavy atom. The van der Waals surface area contributed by atoms with E-state index in [-0.39, 0.29) is 41.9 Å². The van der Waals surface area contributed by atoms with Crippen LogP contribution in [-0.4, -0.2) is 37.4 Å². The average Bonchev–Trinajstić information content (AvgIpc) is 4.14. The van der Waals surface area contributed by atoms with Gasteiger partial charge in [-0.3, -0.25) is 9.59 Å². The van der Waals surface area contributed by atoms with Crippen molar-refractivity contribution in [3.8, 4) is 11.7 Å². The maximum atomic E-state index is 12.6. The number of carbonyl (C=O) groups is 2. The highest BCUT2D eigenvalue weighted by molar-refractivity contribution is 5.75. The fraction of sp³-hybridized carbons (Fsp3) is 0.741. The zero-order valence-electron chi connectivity index (χ0n) is 39.4. The smallest absolute Gasteiger partial charge is 0.316 e. The summed E-state index contributed by atoms with van der Waals surface area (Å²) in [6, 6.07) is 5.10. The van der Waals surface area contributed by atoms with Crippen molar-refractivity contribution in [3.63, 3.8) is 0 Å². The largest absolute Gasteiger partial charge is 0.469 e. The van der Waals surface area contributed by atoms with Crippen molar-refractivity contribution >= 4 is 11.9 Å². The Kier molecular flexibility index (Phi) is 32.0. The highest BCUT2D eigenvalue weighted by Gasteiger charge is 2.28. The Morgan fingerprint density at radius 3 is 1.44 bits per heavy atom. The fourth-order valence-electron chi connectivity index (χ4n) is 8.54. The SMILES string of the molecule is CCCCCCCCC=CCCCCCCC(CC1CCCO1)C(=O)Oc1ccco1.CCCCCCCCC=CCCCCCCC(CC1CCCO1)C(=O)Oc1ccoc1. The number of allylic oxidation sites excluding steroid dienone is 4. The summed E-state index contributed by atoms with van der Waals surface area (Å²) >= 11 is 0. The molecule has 4 unspecified atom stereocenters. The fourth-order valence-corrected chi connectivity index (χ4v) is 8.54. The van der Waals surface area contributed by atoms with Crippen LogP contribution in [0.2, 0.25) is 0 Å². The van der Waals surface area contributed by atoms with Gasteiger partial charge in [0, 0.05) is 25.3 Å². The molecular weight excluding hydrogens is 777 g/mol. The molecule has 2 saturated heterocycles. The van der Waals surface area contributed by atoms with Gasteiger partial charge in [-0.15, -0.1) is 0 Å². The lowest BCUT2D eigenvalue weighted by Crippen LogP contribution is -2.25. The van der Waals surface area contributed by atoms with Crippen LogP contribution in [0.15, 0.2) is 70.1 Å². The van der Waals surface area contributed by atoms with Gasteiger partial charge in [0.2, 0.25) is 0 Å². The topological polar surface area (TPSA) is 97.3 Å². The van der Waals surface area contributed by atoms with Crippen molar-refractivity contribution in [3.05, 3.63) is 61.3 Å². The Bertz CT molecular complexity index is 1250. The van der Waals surface area contributed by atoms with Gasteiger partial charge >= 0.3 is 11.9 Å². The molecule has 2 fully saturated rings. The Hall–Kier alpha value is -3.10. The Morgan fingerprint density at radius 2 is 1.03 bits per heavy atom. The van der Waals surface area contributed by atoms with Crippen LogP contribution in [0.25, 0.3) is 0 Å². The molecule has 4 atom stereocenters. The Labute approximate surface area is 377 Å². The van der Waals surface area contributed by atoms with Gasteiger partial charge in [-0.2, -0.15) is 0 Å². The number of carbonyl (C=O) groups excluding carboxylic acids is 2. The molecule has 352 valence electrons. The second-order valence-electron chi connectivity index (χ2n) is 17.9. The molecule has 0 aliphatic carbocycles. The van der Waals surface area contributed by atoms with Crippen LogP contribution in [0.4, 0.5) is 0 Å². The highest BCUT2D eigenvalue weighted by Crippen LogP contribution is 2.28. The van der Waals surface area contributed by atoms with E-state index in [4.69, 9.17) is 27.8 Å². The molecule has 4 heterocycles. The predicted octanol–water partition coefficient (Wildman–Crippen LogP) is 16.0. The van der Waals surface area contributed by atoms with Crippen LogP contribution in [0.3, 0.4) is 0 Å². The van der Waals surface area contributed by atoms with E-state index < -0.39 is 0 Å². The van der Waals surface area contributed by atoms with Gasteiger partial charge in [0.15, 0.2) is 5.75 Å². The Balaban J connectivity index is 0.000000330. The monoisotopic (exact) mass is 865 g/mol. The minimum Gasteiger partial charge on any atom is -0.469 e. The first kappa shape index (κ1) is 53.2. The summed E-state index contributed by atoms with van der Waals surface area (Å²) in [5, 5.41) is 0. The molecule has 2 aliphatic rings. The summed E-state index contributed by atoms with van der Waals surface area (Å²) in [7, 11) is 0. The van der Waals surface area contributed by atoms with Crippen molar-refractivity contribution in [2.24, 2.45) is 11.8 Å². The van der Waals surface area contributed by atoms with Gasteiger partial charge in [0.25, 0.3) is 5.95 Å². The lowest BCUT2D eigenvalue weighted by molar-refractivity contribution is -0.142. The normalized spacial score (nSPS) is 17.4. The molecule has 0 N–H and O–H groups in total. The molecule has 0 radical (unpaired) electrons. The number of hydrogen-bond donors (Lipinski definition) is 0. The first-order chi connectivity index (χ1) is 30.6. The van der Waals surface area contributed by atoms with E-state index in [0.717, 1.165) is 77.4 Å². The van der Waals surface area contributed by atoms with Crippen LogP contribution in [0.5, 0.6) is 11.7 Å². The number of esters is 2. The van der Waals surface area contributed by atoms with E-state index >= 15 is 0 Å². The zero-order valence-corrected chi connectivity index (χ0v) is 39.4. The molecule has 8 heteroatoms. The summed E-state index contributed by atoms with van der Waals surface area (Å²) in [5.41, 5.74) is 0. The van der Waals surface area contributed by atoms with E-state index in [2.05, 4.69) is 38.2 Å². The minimum atomic E-state index is -0.178. The van der Waals surface area contributed by atoms with Crippen molar-refractivity contribution < 1.29 is 37.4 Å². The lowest BCUT2D eigenvalue weighted by Gasteiger charge is -2.18. The van der Waals surface area contributed by atoms with E-state index in [0.29, 0.717) is 5.75 Å². The molecule has 8 nitrogen and oxygen atoms in total. The van der Waals surface area contributed by atoms with Gasteiger partial charge in [0.05, 0.1) is 36.6 Å². The first-order valence-electron chi connectivity index (χ1n) is 25.6. The molecule has 2 aliphatic heterocycles. The maximum absolute atomic E-state index is 12.6. The molecule has 2 aromatic rings. The molecule has 0 spiro atoms. The zero-order chi connectivity index (χ0) is 44.0. The summed E-state index contributed by atoms with van der Waals surface area (Å²) < 4.78 is 32.6. The van der Waals surface area contributed by atoms with Crippen LogP contribution >= 0.6 is 0 Å². The van der Waals surface area contributed by atoms with E-state index in [1.807, 2.05) is 0 Å². The number of rotatable bonds is 36. The van der Waals surface area contributed by atoms with E-state index in [9.17, 15) is 9.59 Å². The van der Waals surface area contributed by atoms with E-state index in [1.54, 1.807) is 18.2 Å². The molecule has 2 aromatic heterocycles. The van der Waals surface area contributed by atoms with Crippen molar-refractivity contribution in [2.45, 2.75) is 232 Å². The van der Waals surface area contributed by atoms with Crippen LogP contribution in [-0.2, 0) is 19.1 Å². The van der Waals surface area contributed by atoms with E-state index in [1.165, 1.54) is 160 Å². The van der Waals surface area contributed by atoms with Crippen molar-refractivity contribution in [1.29, 1.82) is 0 Å². The highest BCUT2D eigenvalue weighted by atomic mass is 16.6. The average molecular weight is 865 g/mol. The number of ether oxygens (including phenoxy) is 4. The van der Waals surface area contributed by atoms with Gasteiger partial charge < -0.3 is 27.8 Å². The standard InChI is InChI=1S/2C27H44O4/c1-2-3-4-5-6-7-8-9-10-11-12-13-14-15-18-24(23-25-19-16-21-29-25)27(28)31-26-20-17-22-30-26;1-2-3-4-5-6-7-8-9-10-11-12-13-14-15-17-24(22-25-18-16-20-30-25)27(28)31-26-19-21-29-23-26/h9-10,17,20,22,24-25H,2-8,11-16,18-19,21,23H2,1H3;9-10,19,21,23-25H,2-8,11-18,20,22H2,1H3. The molecule has 0 saturated carbocycles. The number of hydrogen-bond acceptors (Lipinski definition) is 8. The van der Waals surface area contributed by atoms with Crippen LogP contribution < -0.4 is 9.47 Å². The van der Waals surface area contributed by atoms with Crippen molar-refractivity contribution in [1.82, 2.24) is 0 Å².